The summed E-state index contributed by atoms with van der Waals surface area (Å²) in [5.74, 6) is -1.47. The smallest absolute Gasteiger partial charge is 0.308 e. The van der Waals surface area contributed by atoms with Crippen LogP contribution in [0.5, 0.6) is 0 Å². The highest BCUT2D eigenvalue weighted by molar-refractivity contribution is 6.32. The number of carboxylic acid groups (broad SMARTS) is 1. The third-order valence-electron chi connectivity index (χ3n) is 3.16. The zero-order chi connectivity index (χ0) is 13.8. The van der Waals surface area contributed by atoms with Gasteiger partial charge in [-0.15, -0.1) is 0 Å². The first-order chi connectivity index (χ1) is 9.08. The summed E-state index contributed by atoms with van der Waals surface area (Å²) < 4.78 is 0. The summed E-state index contributed by atoms with van der Waals surface area (Å²) in [6, 6.07) is 7.23. The number of hydrogen-bond acceptors (Lipinski definition) is 2. The van der Waals surface area contributed by atoms with Crippen LogP contribution in [0, 0.1) is 5.92 Å². The van der Waals surface area contributed by atoms with Crippen LogP contribution in [0.1, 0.15) is 12.0 Å². The maximum atomic E-state index is 11.9. The van der Waals surface area contributed by atoms with Gasteiger partial charge in [-0.25, -0.2) is 0 Å². The number of benzene rings is 1. The molecule has 4 nitrogen and oxygen atoms in total. The highest BCUT2D eigenvalue weighted by Crippen LogP contribution is 2.19. The van der Waals surface area contributed by atoms with Crippen molar-refractivity contribution in [1.82, 2.24) is 4.90 Å². The fourth-order valence-corrected chi connectivity index (χ4v) is 2.24. The summed E-state index contributed by atoms with van der Waals surface area (Å²) in [6.07, 6.45) is 3.60. The van der Waals surface area contributed by atoms with Crippen molar-refractivity contribution in [2.45, 2.75) is 6.42 Å². The first-order valence-electron chi connectivity index (χ1n) is 6.02. The number of aliphatic carboxylic acids is 1. The number of hydrogen-bond donors (Lipinski definition) is 1. The Morgan fingerprint density at radius 2 is 2.11 bits per heavy atom. The molecular formula is C14H14ClNO3. The van der Waals surface area contributed by atoms with Crippen LogP contribution in [0.3, 0.4) is 0 Å². The molecule has 5 heteroatoms. The SMILES string of the molecule is O=C(O)C1CCN(C(=O)/C=C/c2ccccc2Cl)C1. The van der Waals surface area contributed by atoms with Crippen LogP contribution in [0.2, 0.25) is 5.02 Å². The number of carbonyl (C=O) groups is 2. The lowest BCUT2D eigenvalue weighted by Gasteiger charge is -2.12. The maximum absolute atomic E-state index is 11.9. The number of carboxylic acids is 1. The van der Waals surface area contributed by atoms with Crippen molar-refractivity contribution in [2.75, 3.05) is 13.1 Å². The molecule has 1 aromatic carbocycles. The summed E-state index contributed by atoms with van der Waals surface area (Å²) in [5, 5.41) is 9.46. The third-order valence-corrected chi connectivity index (χ3v) is 3.50. The number of halogens is 1. The van der Waals surface area contributed by atoms with Crippen molar-refractivity contribution in [2.24, 2.45) is 5.92 Å². The van der Waals surface area contributed by atoms with E-state index in [0.717, 1.165) is 5.56 Å². The Morgan fingerprint density at radius 1 is 1.37 bits per heavy atom. The topological polar surface area (TPSA) is 57.6 Å². The van der Waals surface area contributed by atoms with Crippen molar-refractivity contribution in [3.05, 3.63) is 40.9 Å². The molecule has 1 fully saturated rings. The Hall–Kier alpha value is -1.81. The molecule has 100 valence electrons. The van der Waals surface area contributed by atoms with E-state index in [2.05, 4.69) is 0 Å². The van der Waals surface area contributed by atoms with E-state index >= 15 is 0 Å². The molecule has 0 spiro atoms. The first kappa shape index (κ1) is 13.6. The van der Waals surface area contributed by atoms with Gasteiger partial charge in [0.1, 0.15) is 0 Å². The lowest BCUT2D eigenvalue weighted by Crippen LogP contribution is -2.28. The Balaban J connectivity index is 1.99. The van der Waals surface area contributed by atoms with Gasteiger partial charge in [0, 0.05) is 24.2 Å². The minimum Gasteiger partial charge on any atom is -0.481 e. The molecule has 19 heavy (non-hydrogen) atoms. The fraction of sp³-hybridized carbons (Fsp3) is 0.286. The van der Waals surface area contributed by atoms with Crippen LogP contribution in [0.25, 0.3) is 6.08 Å². The molecule has 1 aliphatic rings. The van der Waals surface area contributed by atoms with Gasteiger partial charge in [0.2, 0.25) is 5.91 Å². The standard InChI is InChI=1S/C14H14ClNO3/c15-12-4-2-1-3-10(12)5-6-13(17)16-8-7-11(9-16)14(18)19/h1-6,11H,7-9H2,(H,18,19)/b6-5+. The van der Waals surface area contributed by atoms with Crippen LogP contribution >= 0.6 is 11.6 Å². The Kier molecular flexibility index (Phi) is 4.22. The molecule has 1 heterocycles. The van der Waals surface area contributed by atoms with E-state index < -0.39 is 11.9 Å². The summed E-state index contributed by atoms with van der Waals surface area (Å²) in [6.45, 7) is 0.768. The largest absolute Gasteiger partial charge is 0.481 e. The van der Waals surface area contributed by atoms with Crippen LogP contribution in [-0.2, 0) is 9.59 Å². The predicted molar refractivity (Wildman–Crippen MR) is 72.8 cm³/mol. The van der Waals surface area contributed by atoms with Crippen molar-refractivity contribution >= 4 is 29.6 Å². The van der Waals surface area contributed by atoms with Gasteiger partial charge < -0.3 is 10.0 Å². The number of likely N-dealkylation sites (tertiary alicyclic amines) is 1. The van der Waals surface area contributed by atoms with Crippen LogP contribution in [-0.4, -0.2) is 35.0 Å². The van der Waals surface area contributed by atoms with E-state index in [1.807, 2.05) is 18.2 Å². The van der Waals surface area contributed by atoms with Crippen molar-refractivity contribution in [3.8, 4) is 0 Å². The monoisotopic (exact) mass is 279 g/mol. The molecule has 1 amide bonds. The van der Waals surface area contributed by atoms with Crippen molar-refractivity contribution < 1.29 is 14.7 Å². The molecule has 1 aromatic rings. The molecule has 1 N–H and O–H groups in total. The van der Waals surface area contributed by atoms with Gasteiger partial charge in [-0.2, -0.15) is 0 Å². The average molecular weight is 280 g/mol. The molecule has 0 aromatic heterocycles. The van der Waals surface area contributed by atoms with E-state index in [0.29, 0.717) is 18.0 Å². The fourth-order valence-electron chi connectivity index (χ4n) is 2.04. The summed E-state index contributed by atoms with van der Waals surface area (Å²) in [7, 11) is 0. The van der Waals surface area contributed by atoms with Gasteiger partial charge in [0.15, 0.2) is 0 Å². The van der Waals surface area contributed by atoms with Gasteiger partial charge in [0.05, 0.1) is 5.92 Å². The quantitative estimate of drug-likeness (QED) is 0.864. The number of rotatable bonds is 3. The van der Waals surface area contributed by atoms with E-state index in [1.54, 1.807) is 17.0 Å². The third kappa shape index (κ3) is 3.35. The molecule has 1 aliphatic heterocycles. The number of carbonyl (C=O) groups excluding carboxylic acids is 1. The zero-order valence-electron chi connectivity index (χ0n) is 10.3. The second-order valence-electron chi connectivity index (χ2n) is 4.46. The molecular weight excluding hydrogens is 266 g/mol. The number of nitrogens with zero attached hydrogens (tertiary/aromatic N) is 1. The van der Waals surface area contributed by atoms with Gasteiger partial charge in [-0.05, 0) is 24.1 Å². The second-order valence-corrected chi connectivity index (χ2v) is 4.87. The Labute approximate surface area is 116 Å². The maximum Gasteiger partial charge on any atom is 0.308 e. The molecule has 0 bridgehead atoms. The summed E-state index contributed by atoms with van der Waals surface area (Å²) in [5.41, 5.74) is 0.770. The van der Waals surface area contributed by atoms with Gasteiger partial charge in [-0.1, -0.05) is 29.8 Å². The normalized spacial score (nSPS) is 19.0. The lowest BCUT2D eigenvalue weighted by atomic mass is 10.1. The molecule has 1 atom stereocenters. The zero-order valence-corrected chi connectivity index (χ0v) is 11.0. The molecule has 0 saturated carbocycles. The highest BCUT2D eigenvalue weighted by atomic mass is 35.5. The van der Waals surface area contributed by atoms with Crippen LogP contribution in [0.15, 0.2) is 30.3 Å². The minimum absolute atomic E-state index is 0.177. The Bertz CT molecular complexity index is 527. The summed E-state index contributed by atoms with van der Waals surface area (Å²) >= 11 is 5.98. The first-order valence-corrected chi connectivity index (χ1v) is 6.40. The molecule has 1 unspecified atom stereocenters. The van der Waals surface area contributed by atoms with E-state index in [4.69, 9.17) is 16.7 Å². The van der Waals surface area contributed by atoms with Gasteiger partial charge in [0.25, 0.3) is 0 Å². The van der Waals surface area contributed by atoms with E-state index in [-0.39, 0.29) is 12.5 Å². The summed E-state index contributed by atoms with van der Waals surface area (Å²) in [4.78, 5) is 24.3. The van der Waals surface area contributed by atoms with Crippen LogP contribution in [0.4, 0.5) is 0 Å². The molecule has 0 radical (unpaired) electrons. The average Bonchev–Trinajstić information content (AvgIpc) is 2.87. The van der Waals surface area contributed by atoms with Crippen molar-refractivity contribution in [3.63, 3.8) is 0 Å². The molecule has 0 aliphatic carbocycles. The predicted octanol–water partition coefficient (Wildman–Crippen LogP) is 2.29. The minimum atomic E-state index is -0.842. The van der Waals surface area contributed by atoms with Crippen LogP contribution < -0.4 is 0 Å². The number of amides is 1. The Morgan fingerprint density at radius 3 is 2.74 bits per heavy atom. The highest BCUT2D eigenvalue weighted by Gasteiger charge is 2.29. The van der Waals surface area contributed by atoms with E-state index in [9.17, 15) is 9.59 Å². The molecule has 1 saturated heterocycles. The van der Waals surface area contributed by atoms with Gasteiger partial charge in [-0.3, -0.25) is 9.59 Å². The van der Waals surface area contributed by atoms with E-state index in [1.165, 1.54) is 6.08 Å². The lowest BCUT2D eigenvalue weighted by molar-refractivity contribution is -0.141. The second kappa shape index (κ2) is 5.89. The van der Waals surface area contributed by atoms with Crippen molar-refractivity contribution in [1.29, 1.82) is 0 Å². The molecule has 2 rings (SSSR count). The van der Waals surface area contributed by atoms with Gasteiger partial charge >= 0.3 is 5.97 Å².